The van der Waals surface area contributed by atoms with Crippen LogP contribution in [-0.2, 0) is 0 Å². The van der Waals surface area contributed by atoms with Crippen LogP contribution >= 0.6 is 0 Å². The Balaban J connectivity index is 1.95. The van der Waals surface area contributed by atoms with Crippen LogP contribution in [0.25, 0.3) is 0 Å². The molecule has 2 atom stereocenters. The van der Waals surface area contributed by atoms with E-state index < -0.39 is 0 Å². The zero-order valence-electron chi connectivity index (χ0n) is 10.9. The van der Waals surface area contributed by atoms with Gasteiger partial charge in [-0.25, -0.2) is 0 Å². The molecule has 2 rings (SSSR count). The maximum atomic E-state index is 9.76. The van der Waals surface area contributed by atoms with Crippen molar-refractivity contribution in [1.82, 2.24) is 9.80 Å². The zero-order chi connectivity index (χ0) is 11.8. The molecule has 1 aliphatic heterocycles. The van der Waals surface area contributed by atoms with Crippen LogP contribution in [0.5, 0.6) is 0 Å². The molecule has 94 valence electrons. The minimum Gasteiger partial charge on any atom is -0.393 e. The summed E-state index contributed by atoms with van der Waals surface area (Å²) in [4.78, 5) is 5.05. The zero-order valence-corrected chi connectivity index (χ0v) is 10.9. The predicted octanol–water partition coefficient (Wildman–Crippen LogP) is 1.32. The molecular formula is C13H26N2O. The van der Waals surface area contributed by atoms with E-state index in [1.165, 1.54) is 12.8 Å². The molecule has 2 fully saturated rings. The monoisotopic (exact) mass is 226 g/mol. The van der Waals surface area contributed by atoms with E-state index in [4.69, 9.17) is 0 Å². The van der Waals surface area contributed by atoms with E-state index in [1.807, 2.05) is 0 Å². The van der Waals surface area contributed by atoms with Gasteiger partial charge in [0.25, 0.3) is 0 Å². The van der Waals surface area contributed by atoms with Crippen molar-refractivity contribution in [1.29, 1.82) is 0 Å². The molecule has 0 spiro atoms. The summed E-state index contributed by atoms with van der Waals surface area (Å²) in [6.07, 6.45) is 4.41. The Morgan fingerprint density at radius 3 is 2.56 bits per heavy atom. The van der Waals surface area contributed by atoms with E-state index in [-0.39, 0.29) is 11.6 Å². The van der Waals surface area contributed by atoms with Crippen LogP contribution < -0.4 is 0 Å². The van der Waals surface area contributed by atoms with Gasteiger partial charge in [-0.05, 0) is 46.6 Å². The first-order valence-electron chi connectivity index (χ1n) is 6.62. The normalized spacial score (nSPS) is 37.5. The first-order valence-corrected chi connectivity index (χ1v) is 6.62. The standard InChI is InChI=1S/C13H26N2O/c1-13(2)10-15(8-7-14(13)3)11-5-4-6-12(16)9-11/h11-12,16H,4-10H2,1-3H3. The Labute approximate surface area is 99.4 Å². The Morgan fingerprint density at radius 2 is 1.94 bits per heavy atom. The summed E-state index contributed by atoms with van der Waals surface area (Å²) in [6, 6.07) is 0.622. The van der Waals surface area contributed by atoms with Crippen LogP contribution in [0.3, 0.4) is 0 Å². The highest BCUT2D eigenvalue weighted by atomic mass is 16.3. The van der Waals surface area contributed by atoms with Crippen molar-refractivity contribution in [2.24, 2.45) is 0 Å². The molecule has 3 heteroatoms. The third-order valence-electron chi connectivity index (χ3n) is 4.48. The van der Waals surface area contributed by atoms with E-state index in [0.29, 0.717) is 6.04 Å². The van der Waals surface area contributed by atoms with Crippen LogP contribution in [0.15, 0.2) is 0 Å². The largest absolute Gasteiger partial charge is 0.393 e. The molecule has 0 aromatic heterocycles. The summed E-state index contributed by atoms with van der Waals surface area (Å²) in [5.74, 6) is 0. The summed E-state index contributed by atoms with van der Waals surface area (Å²) in [7, 11) is 2.22. The molecule has 0 aromatic rings. The summed E-state index contributed by atoms with van der Waals surface area (Å²) in [5.41, 5.74) is 0.278. The lowest BCUT2D eigenvalue weighted by molar-refractivity contribution is -0.0113. The van der Waals surface area contributed by atoms with Gasteiger partial charge in [0.05, 0.1) is 6.10 Å². The molecule has 1 aliphatic carbocycles. The maximum Gasteiger partial charge on any atom is 0.0555 e. The van der Waals surface area contributed by atoms with Crippen molar-refractivity contribution in [2.75, 3.05) is 26.7 Å². The molecule has 16 heavy (non-hydrogen) atoms. The van der Waals surface area contributed by atoms with Gasteiger partial charge in [0.2, 0.25) is 0 Å². The number of hydrogen-bond acceptors (Lipinski definition) is 3. The lowest BCUT2D eigenvalue weighted by atomic mass is 9.89. The average molecular weight is 226 g/mol. The van der Waals surface area contributed by atoms with E-state index in [9.17, 15) is 5.11 Å². The van der Waals surface area contributed by atoms with Gasteiger partial charge in [0, 0.05) is 31.2 Å². The van der Waals surface area contributed by atoms with Gasteiger partial charge >= 0.3 is 0 Å². The smallest absolute Gasteiger partial charge is 0.0555 e. The van der Waals surface area contributed by atoms with Crippen molar-refractivity contribution in [2.45, 2.75) is 57.2 Å². The molecule has 1 saturated carbocycles. The SMILES string of the molecule is CN1CCN(C2CCCC(O)C2)CC1(C)C. The van der Waals surface area contributed by atoms with E-state index in [0.717, 1.165) is 32.5 Å². The minimum atomic E-state index is -0.0541. The quantitative estimate of drug-likeness (QED) is 0.730. The first kappa shape index (κ1) is 12.3. The fourth-order valence-corrected chi connectivity index (χ4v) is 3.06. The molecule has 1 N–H and O–H groups in total. The molecule has 2 unspecified atom stereocenters. The molecule has 0 radical (unpaired) electrons. The lowest BCUT2D eigenvalue weighted by Gasteiger charge is -2.49. The third kappa shape index (κ3) is 2.58. The van der Waals surface area contributed by atoms with Gasteiger partial charge in [0.1, 0.15) is 0 Å². The molecule has 1 heterocycles. The van der Waals surface area contributed by atoms with E-state index in [2.05, 4.69) is 30.7 Å². The molecule has 1 saturated heterocycles. The highest BCUT2D eigenvalue weighted by Gasteiger charge is 2.35. The molecule has 0 bridgehead atoms. The highest BCUT2D eigenvalue weighted by molar-refractivity contribution is 4.92. The Morgan fingerprint density at radius 1 is 1.19 bits per heavy atom. The number of aliphatic hydroxyl groups excluding tert-OH is 1. The molecule has 3 nitrogen and oxygen atoms in total. The number of piperazine rings is 1. The topological polar surface area (TPSA) is 26.7 Å². The maximum absolute atomic E-state index is 9.76. The lowest BCUT2D eigenvalue weighted by Crippen LogP contribution is -2.60. The number of hydrogen-bond donors (Lipinski definition) is 1. The summed E-state index contributed by atoms with van der Waals surface area (Å²) < 4.78 is 0. The van der Waals surface area contributed by atoms with E-state index >= 15 is 0 Å². The summed E-state index contributed by atoms with van der Waals surface area (Å²) in [5, 5.41) is 9.76. The van der Waals surface area contributed by atoms with Gasteiger partial charge in [-0.2, -0.15) is 0 Å². The highest BCUT2D eigenvalue weighted by Crippen LogP contribution is 2.27. The van der Waals surface area contributed by atoms with Crippen LogP contribution in [-0.4, -0.2) is 59.3 Å². The van der Waals surface area contributed by atoms with Crippen LogP contribution in [0.2, 0.25) is 0 Å². The van der Waals surface area contributed by atoms with Crippen molar-refractivity contribution in [3.63, 3.8) is 0 Å². The second-order valence-corrected chi connectivity index (χ2v) is 6.18. The van der Waals surface area contributed by atoms with Crippen molar-refractivity contribution in [3.8, 4) is 0 Å². The van der Waals surface area contributed by atoms with Crippen LogP contribution in [0, 0.1) is 0 Å². The Hall–Kier alpha value is -0.120. The average Bonchev–Trinajstić information content (AvgIpc) is 2.22. The van der Waals surface area contributed by atoms with Gasteiger partial charge in [-0.1, -0.05) is 0 Å². The number of aliphatic hydroxyl groups is 1. The molecule has 0 aromatic carbocycles. The molecule has 0 amide bonds. The van der Waals surface area contributed by atoms with Crippen molar-refractivity contribution >= 4 is 0 Å². The molecule has 2 aliphatic rings. The van der Waals surface area contributed by atoms with Crippen molar-refractivity contribution < 1.29 is 5.11 Å². The Kier molecular flexibility index (Phi) is 3.57. The fraction of sp³-hybridized carbons (Fsp3) is 1.00. The molecular weight excluding hydrogens is 200 g/mol. The number of likely N-dealkylation sites (N-methyl/N-ethyl adjacent to an activating group) is 1. The first-order chi connectivity index (χ1) is 7.49. The third-order valence-corrected chi connectivity index (χ3v) is 4.48. The number of rotatable bonds is 1. The second kappa shape index (κ2) is 4.63. The van der Waals surface area contributed by atoms with E-state index in [1.54, 1.807) is 0 Å². The number of nitrogens with zero attached hydrogens (tertiary/aromatic N) is 2. The van der Waals surface area contributed by atoms with Crippen LogP contribution in [0.1, 0.15) is 39.5 Å². The summed E-state index contributed by atoms with van der Waals surface area (Å²) >= 11 is 0. The minimum absolute atomic E-state index is 0.0541. The fourth-order valence-electron chi connectivity index (χ4n) is 3.06. The summed E-state index contributed by atoms with van der Waals surface area (Å²) in [6.45, 7) is 8.09. The van der Waals surface area contributed by atoms with Gasteiger partial charge in [-0.3, -0.25) is 9.80 Å². The second-order valence-electron chi connectivity index (χ2n) is 6.18. The predicted molar refractivity (Wildman–Crippen MR) is 66.5 cm³/mol. The van der Waals surface area contributed by atoms with Gasteiger partial charge in [-0.15, -0.1) is 0 Å². The Bertz CT molecular complexity index is 242. The van der Waals surface area contributed by atoms with Crippen molar-refractivity contribution in [3.05, 3.63) is 0 Å². The van der Waals surface area contributed by atoms with Crippen LogP contribution in [0.4, 0.5) is 0 Å². The van der Waals surface area contributed by atoms with Gasteiger partial charge < -0.3 is 5.11 Å². The van der Waals surface area contributed by atoms with Gasteiger partial charge in [0.15, 0.2) is 0 Å².